The van der Waals surface area contributed by atoms with Crippen LogP contribution in [0.15, 0.2) is 23.8 Å². The molecule has 0 spiro atoms. The molecular formula is C22H33FO3. The molecule has 26 heavy (non-hydrogen) atoms. The van der Waals surface area contributed by atoms with Crippen LogP contribution in [0.1, 0.15) is 59.3 Å². The molecule has 4 aliphatic rings. The van der Waals surface area contributed by atoms with Crippen LogP contribution >= 0.6 is 0 Å². The molecule has 3 N–H and O–H groups in total. The molecule has 0 radical (unpaired) electrons. The van der Waals surface area contributed by atoms with Gasteiger partial charge in [0.05, 0.1) is 11.7 Å². The van der Waals surface area contributed by atoms with Gasteiger partial charge < -0.3 is 15.3 Å². The highest BCUT2D eigenvalue weighted by Gasteiger charge is 2.72. The number of hydrogen-bond donors (Lipinski definition) is 3. The summed E-state index contributed by atoms with van der Waals surface area (Å²) in [5.41, 5.74) is -2.89. The van der Waals surface area contributed by atoms with E-state index in [1.807, 2.05) is 19.9 Å². The zero-order valence-corrected chi connectivity index (χ0v) is 16.2. The predicted octanol–water partition coefficient (Wildman–Crippen LogP) is 3.54. The monoisotopic (exact) mass is 364 g/mol. The highest BCUT2D eigenvalue weighted by Crippen LogP contribution is 2.70. The Bertz CT molecular complexity index is 660. The Hall–Kier alpha value is -0.710. The Labute approximate surface area is 156 Å². The lowest BCUT2D eigenvalue weighted by Crippen LogP contribution is -2.68. The summed E-state index contributed by atoms with van der Waals surface area (Å²) in [4.78, 5) is 0. The number of alkyl halides is 1. The zero-order chi connectivity index (χ0) is 19.0. The van der Waals surface area contributed by atoms with Crippen LogP contribution in [-0.4, -0.2) is 39.3 Å². The van der Waals surface area contributed by atoms with E-state index in [1.165, 1.54) is 0 Å². The number of halogens is 1. The summed E-state index contributed by atoms with van der Waals surface area (Å²) in [7, 11) is 0. The van der Waals surface area contributed by atoms with Crippen LogP contribution in [0, 0.1) is 28.6 Å². The molecule has 0 aromatic heterocycles. The summed E-state index contributed by atoms with van der Waals surface area (Å²) < 4.78 is 16.8. The van der Waals surface area contributed by atoms with Crippen LogP contribution < -0.4 is 0 Å². The average molecular weight is 364 g/mol. The lowest BCUT2D eigenvalue weighted by molar-refractivity contribution is -0.219. The SMILES string of the molecule is CC1C=C[C@@]2(C)C(=C1)CC[C@H]1[C@@H]3CC[C@]([16OH])(CC[16OH])[C@@]3(C)C[C@H]([16OH])[C@@]12F. The van der Waals surface area contributed by atoms with Crippen molar-refractivity contribution >= 4 is 0 Å². The van der Waals surface area contributed by atoms with E-state index in [0.717, 1.165) is 24.8 Å². The third-order valence-corrected chi connectivity index (χ3v) is 8.79. The van der Waals surface area contributed by atoms with Gasteiger partial charge in [-0.3, -0.25) is 0 Å². The van der Waals surface area contributed by atoms with E-state index in [4.69, 9.17) is 0 Å². The first-order valence-corrected chi connectivity index (χ1v) is 10.2. The van der Waals surface area contributed by atoms with Gasteiger partial charge in [-0.15, -0.1) is 0 Å². The molecular weight excluding hydrogens is 331 g/mol. The molecule has 0 heterocycles. The van der Waals surface area contributed by atoms with Crippen molar-refractivity contribution < 1.29 is 19.7 Å². The van der Waals surface area contributed by atoms with E-state index in [0.29, 0.717) is 18.8 Å². The first-order valence-electron chi connectivity index (χ1n) is 10.2. The van der Waals surface area contributed by atoms with Gasteiger partial charge in [0.25, 0.3) is 0 Å². The highest BCUT2D eigenvalue weighted by atomic mass is 19.1. The van der Waals surface area contributed by atoms with Gasteiger partial charge in [-0.05, 0) is 57.3 Å². The van der Waals surface area contributed by atoms with E-state index in [-0.39, 0.29) is 24.9 Å². The van der Waals surface area contributed by atoms with Crippen molar-refractivity contribution in [3.63, 3.8) is 0 Å². The largest absolute Gasteiger partial charge is 0.396 e. The Kier molecular flexibility index (Phi) is 4.05. The summed E-state index contributed by atoms with van der Waals surface area (Å²) in [5.74, 6) is 0.0908. The van der Waals surface area contributed by atoms with Crippen LogP contribution in [0.4, 0.5) is 4.39 Å². The molecule has 4 rings (SSSR count). The minimum Gasteiger partial charge on any atom is -0.396 e. The molecule has 0 aromatic rings. The minimum absolute atomic E-state index is 0.0403. The molecule has 4 heteroatoms. The van der Waals surface area contributed by atoms with Crippen molar-refractivity contribution in [1.29, 1.82) is 0 Å². The first kappa shape index (κ1) is 18.6. The van der Waals surface area contributed by atoms with Gasteiger partial charge in [0.1, 0.15) is 0 Å². The van der Waals surface area contributed by atoms with Gasteiger partial charge in [0, 0.05) is 23.4 Å². The maximum absolute atomic E-state index is 16.8. The van der Waals surface area contributed by atoms with Crippen LogP contribution in [0.2, 0.25) is 0 Å². The molecule has 3 fully saturated rings. The maximum atomic E-state index is 16.8. The van der Waals surface area contributed by atoms with Crippen molar-refractivity contribution in [1.82, 2.24) is 0 Å². The van der Waals surface area contributed by atoms with E-state index in [1.54, 1.807) is 0 Å². The molecule has 0 saturated heterocycles. The summed E-state index contributed by atoms with van der Waals surface area (Å²) in [6, 6.07) is 0. The quantitative estimate of drug-likeness (QED) is 0.657. The van der Waals surface area contributed by atoms with E-state index in [2.05, 4.69) is 19.1 Å². The van der Waals surface area contributed by atoms with Gasteiger partial charge >= 0.3 is 0 Å². The summed E-state index contributed by atoms with van der Waals surface area (Å²) in [6.07, 6.45) is 8.63. The van der Waals surface area contributed by atoms with Gasteiger partial charge in [-0.25, -0.2) is 4.39 Å². The lowest BCUT2D eigenvalue weighted by Gasteiger charge is -2.63. The fraction of sp³-hybridized carbons (Fsp3) is 0.818. The van der Waals surface area contributed by atoms with Gasteiger partial charge in [-0.2, -0.15) is 0 Å². The van der Waals surface area contributed by atoms with Crippen LogP contribution in [0.25, 0.3) is 0 Å². The molecule has 146 valence electrons. The summed E-state index contributed by atoms with van der Waals surface area (Å²) >= 11 is 0. The molecule has 3 nitrogen and oxygen atoms in total. The minimum atomic E-state index is -1.69. The first-order chi connectivity index (χ1) is 12.1. The standard InChI is InChI=1S/C22H33FO3/c1-14-6-8-19(2)15(12-14)4-5-17-16-7-9-21(26,10-11-24)20(16,3)13-18(25)22(17,19)23/h6,8,12,14,16-18,24-26H,4-5,7,9-11,13H2,1-3H3/t14?,16-,17-,18-,19-,20-,21-,22-/m0/s1/i24+0,25+0,26+0. The second kappa shape index (κ2) is 5.65. The lowest BCUT2D eigenvalue weighted by atomic mass is 9.44. The third-order valence-electron chi connectivity index (χ3n) is 8.79. The second-order valence-electron chi connectivity index (χ2n) is 9.81. The molecule has 3 saturated carbocycles. The van der Waals surface area contributed by atoms with Crippen molar-refractivity contribution in [3.05, 3.63) is 23.8 Å². The molecule has 4 aliphatic carbocycles. The topological polar surface area (TPSA) is 60.7 Å². The molecule has 1 unspecified atom stereocenters. The average Bonchev–Trinajstić information content (AvgIpc) is 2.82. The van der Waals surface area contributed by atoms with Crippen molar-refractivity contribution in [2.75, 3.05) is 6.61 Å². The molecule has 0 amide bonds. The number of aliphatic hydroxyl groups excluding tert-OH is 2. The van der Waals surface area contributed by atoms with Gasteiger partial charge in [0.15, 0.2) is 5.67 Å². The Morgan fingerprint density at radius 2 is 1.96 bits per heavy atom. The molecule has 0 aromatic carbocycles. The van der Waals surface area contributed by atoms with Gasteiger partial charge in [-0.1, -0.05) is 37.6 Å². The Morgan fingerprint density at radius 1 is 1.23 bits per heavy atom. The van der Waals surface area contributed by atoms with Crippen LogP contribution in [-0.2, 0) is 0 Å². The Balaban J connectivity index is 1.78. The summed E-state index contributed by atoms with van der Waals surface area (Å²) in [6.45, 7) is 6.00. The van der Waals surface area contributed by atoms with Gasteiger partial charge in [0.2, 0.25) is 0 Å². The highest BCUT2D eigenvalue weighted by molar-refractivity contribution is 5.38. The normalized spacial score (nSPS) is 55.7. The van der Waals surface area contributed by atoms with Crippen molar-refractivity contribution in [2.24, 2.45) is 28.6 Å². The fourth-order valence-electron chi connectivity index (χ4n) is 7.18. The van der Waals surface area contributed by atoms with Crippen LogP contribution in [0.5, 0.6) is 0 Å². The maximum Gasteiger partial charge on any atom is 0.152 e. The fourth-order valence-corrected chi connectivity index (χ4v) is 7.18. The van der Waals surface area contributed by atoms with Crippen molar-refractivity contribution in [3.8, 4) is 0 Å². The third kappa shape index (κ3) is 2.04. The molecule has 0 aliphatic heterocycles. The number of aliphatic hydroxyl groups is 3. The number of rotatable bonds is 2. The number of fused-ring (bicyclic) bond motifs is 5. The molecule has 0 bridgehead atoms. The zero-order valence-electron chi connectivity index (χ0n) is 16.2. The summed E-state index contributed by atoms with van der Waals surface area (Å²) in [5, 5.41) is 31.8. The predicted molar refractivity (Wildman–Crippen MR) is 99.2 cm³/mol. The van der Waals surface area contributed by atoms with E-state index in [9.17, 15) is 15.3 Å². The Morgan fingerprint density at radius 3 is 2.65 bits per heavy atom. The van der Waals surface area contributed by atoms with Crippen molar-refractivity contribution in [2.45, 2.75) is 76.7 Å². The smallest absolute Gasteiger partial charge is 0.152 e. The number of allylic oxidation sites excluding steroid dienone is 4. The number of hydrogen-bond acceptors (Lipinski definition) is 3. The molecule has 8 atom stereocenters. The van der Waals surface area contributed by atoms with E-state index < -0.39 is 28.2 Å². The van der Waals surface area contributed by atoms with E-state index >= 15 is 4.39 Å². The second-order valence-corrected chi connectivity index (χ2v) is 9.81. The van der Waals surface area contributed by atoms with Crippen LogP contribution in [0.3, 0.4) is 0 Å².